The van der Waals surface area contributed by atoms with Crippen molar-refractivity contribution >= 4 is 17.3 Å². The highest BCUT2D eigenvalue weighted by molar-refractivity contribution is 6.04. The molecule has 110 valence electrons. The molecule has 0 bridgehead atoms. The SMILES string of the molecule is Cc1ccc(NC(=O)c2ccc(C(F)(F)F)cn2)c(N)c1. The molecular weight excluding hydrogens is 283 g/mol. The molecule has 0 aliphatic carbocycles. The van der Waals surface area contributed by atoms with Gasteiger partial charge in [-0.25, -0.2) is 0 Å². The lowest BCUT2D eigenvalue weighted by molar-refractivity contribution is -0.137. The van der Waals surface area contributed by atoms with Gasteiger partial charge in [0.25, 0.3) is 5.91 Å². The number of nitrogens with two attached hydrogens (primary N) is 1. The van der Waals surface area contributed by atoms with Crippen LogP contribution in [0.15, 0.2) is 36.5 Å². The lowest BCUT2D eigenvalue weighted by atomic mass is 10.2. The Morgan fingerprint density at radius 1 is 1.24 bits per heavy atom. The molecule has 0 fully saturated rings. The van der Waals surface area contributed by atoms with E-state index < -0.39 is 17.6 Å². The Kier molecular flexibility index (Phi) is 3.84. The molecule has 0 saturated heterocycles. The number of pyridine rings is 1. The highest BCUT2D eigenvalue weighted by Gasteiger charge is 2.30. The van der Waals surface area contributed by atoms with Crippen LogP contribution in [-0.4, -0.2) is 10.9 Å². The van der Waals surface area contributed by atoms with E-state index in [9.17, 15) is 18.0 Å². The molecule has 21 heavy (non-hydrogen) atoms. The minimum absolute atomic E-state index is 0.122. The number of alkyl halides is 3. The summed E-state index contributed by atoms with van der Waals surface area (Å²) in [5, 5.41) is 2.50. The van der Waals surface area contributed by atoms with Crippen molar-refractivity contribution < 1.29 is 18.0 Å². The number of aromatic nitrogens is 1. The Hall–Kier alpha value is -2.57. The average molecular weight is 295 g/mol. The molecule has 0 saturated carbocycles. The van der Waals surface area contributed by atoms with Crippen molar-refractivity contribution in [3.05, 3.63) is 53.3 Å². The molecule has 0 unspecified atom stereocenters. The summed E-state index contributed by atoms with van der Waals surface area (Å²) in [6.07, 6.45) is -3.86. The Morgan fingerprint density at radius 2 is 1.95 bits per heavy atom. The Morgan fingerprint density at radius 3 is 2.48 bits per heavy atom. The van der Waals surface area contributed by atoms with Crippen LogP contribution in [0.1, 0.15) is 21.6 Å². The number of carbonyl (C=O) groups is 1. The topological polar surface area (TPSA) is 68.0 Å². The number of anilines is 2. The van der Waals surface area contributed by atoms with Crippen molar-refractivity contribution in [1.29, 1.82) is 0 Å². The Labute approximate surface area is 118 Å². The summed E-state index contributed by atoms with van der Waals surface area (Å²) < 4.78 is 37.2. The molecule has 0 spiro atoms. The van der Waals surface area contributed by atoms with Gasteiger partial charge in [0, 0.05) is 6.20 Å². The number of nitrogen functional groups attached to an aromatic ring is 1. The fraction of sp³-hybridized carbons (Fsp3) is 0.143. The van der Waals surface area contributed by atoms with E-state index in [0.29, 0.717) is 17.6 Å². The van der Waals surface area contributed by atoms with E-state index in [4.69, 9.17) is 5.73 Å². The van der Waals surface area contributed by atoms with E-state index in [1.54, 1.807) is 18.2 Å². The Balaban J connectivity index is 2.17. The van der Waals surface area contributed by atoms with Crippen LogP contribution in [0.5, 0.6) is 0 Å². The number of hydrogen-bond donors (Lipinski definition) is 2. The molecule has 2 aromatic rings. The molecule has 4 nitrogen and oxygen atoms in total. The number of hydrogen-bond acceptors (Lipinski definition) is 3. The number of rotatable bonds is 2. The monoisotopic (exact) mass is 295 g/mol. The first kappa shape index (κ1) is 14.8. The normalized spacial score (nSPS) is 11.2. The number of carbonyl (C=O) groups excluding carboxylic acids is 1. The van der Waals surface area contributed by atoms with Gasteiger partial charge in [-0.15, -0.1) is 0 Å². The molecular formula is C14H12F3N3O. The summed E-state index contributed by atoms with van der Waals surface area (Å²) in [6.45, 7) is 1.85. The second-order valence-electron chi connectivity index (χ2n) is 4.47. The van der Waals surface area contributed by atoms with Gasteiger partial charge in [-0.2, -0.15) is 13.2 Å². The first-order chi connectivity index (χ1) is 9.77. The van der Waals surface area contributed by atoms with E-state index in [1.165, 1.54) is 0 Å². The second kappa shape index (κ2) is 5.43. The average Bonchev–Trinajstić information content (AvgIpc) is 2.41. The summed E-state index contributed by atoms with van der Waals surface area (Å²) in [5.41, 5.74) is 6.40. The van der Waals surface area contributed by atoms with Crippen molar-refractivity contribution in [2.45, 2.75) is 13.1 Å². The minimum Gasteiger partial charge on any atom is -0.397 e. The lowest BCUT2D eigenvalue weighted by Gasteiger charge is -2.09. The minimum atomic E-state index is -4.48. The van der Waals surface area contributed by atoms with Gasteiger partial charge >= 0.3 is 6.18 Å². The van der Waals surface area contributed by atoms with E-state index >= 15 is 0 Å². The number of nitrogens with zero attached hydrogens (tertiary/aromatic N) is 1. The summed E-state index contributed by atoms with van der Waals surface area (Å²) in [4.78, 5) is 15.4. The van der Waals surface area contributed by atoms with E-state index in [-0.39, 0.29) is 5.69 Å². The maximum Gasteiger partial charge on any atom is 0.417 e. The molecule has 1 amide bonds. The summed E-state index contributed by atoms with van der Waals surface area (Å²) in [6, 6.07) is 6.87. The third-order valence-electron chi connectivity index (χ3n) is 2.78. The van der Waals surface area contributed by atoms with Gasteiger partial charge in [0.1, 0.15) is 5.69 Å². The maximum absolute atomic E-state index is 12.4. The predicted octanol–water partition coefficient (Wildman–Crippen LogP) is 3.24. The second-order valence-corrected chi connectivity index (χ2v) is 4.47. The highest BCUT2D eigenvalue weighted by atomic mass is 19.4. The van der Waals surface area contributed by atoms with Crippen LogP contribution >= 0.6 is 0 Å². The standard InChI is InChI=1S/C14H12F3N3O/c1-8-2-4-11(10(18)6-8)20-13(21)12-5-3-9(7-19-12)14(15,16)17/h2-7H,18H2,1H3,(H,20,21). The van der Waals surface area contributed by atoms with Crippen LogP contribution in [0.2, 0.25) is 0 Å². The van der Waals surface area contributed by atoms with Gasteiger partial charge in [0.05, 0.1) is 16.9 Å². The van der Waals surface area contributed by atoms with Crippen molar-refractivity contribution in [1.82, 2.24) is 4.98 Å². The largest absolute Gasteiger partial charge is 0.417 e. The summed E-state index contributed by atoms with van der Waals surface area (Å²) in [5.74, 6) is -0.626. The number of nitrogens with one attached hydrogen (secondary N) is 1. The molecule has 2 rings (SSSR count). The van der Waals surface area contributed by atoms with Crippen molar-refractivity contribution in [3.8, 4) is 0 Å². The fourth-order valence-electron chi connectivity index (χ4n) is 1.68. The summed E-state index contributed by atoms with van der Waals surface area (Å²) in [7, 11) is 0. The van der Waals surface area contributed by atoms with E-state index in [2.05, 4.69) is 10.3 Å². The number of benzene rings is 1. The maximum atomic E-state index is 12.4. The number of aryl methyl sites for hydroxylation is 1. The zero-order valence-corrected chi connectivity index (χ0v) is 11.0. The predicted molar refractivity (Wildman–Crippen MR) is 72.8 cm³/mol. The molecule has 1 aromatic heterocycles. The van der Waals surface area contributed by atoms with Crippen molar-refractivity contribution in [2.24, 2.45) is 0 Å². The van der Waals surface area contributed by atoms with Crippen molar-refractivity contribution in [2.75, 3.05) is 11.1 Å². The zero-order chi connectivity index (χ0) is 15.6. The van der Waals surface area contributed by atoms with Crippen LogP contribution in [0, 0.1) is 6.92 Å². The van der Waals surface area contributed by atoms with E-state index in [1.807, 2.05) is 6.92 Å². The third kappa shape index (κ3) is 3.50. The van der Waals surface area contributed by atoms with Crippen molar-refractivity contribution in [3.63, 3.8) is 0 Å². The molecule has 0 atom stereocenters. The number of amides is 1. The van der Waals surface area contributed by atoms with Crippen LogP contribution in [-0.2, 0) is 6.18 Å². The number of halogens is 3. The highest BCUT2D eigenvalue weighted by Crippen LogP contribution is 2.28. The molecule has 0 radical (unpaired) electrons. The third-order valence-corrected chi connectivity index (χ3v) is 2.78. The van der Waals surface area contributed by atoms with Gasteiger partial charge in [-0.05, 0) is 36.8 Å². The first-order valence-corrected chi connectivity index (χ1v) is 5.98. The molecule has 1 aromatic carbocycles. The molecule has 0 aliphatic rings. The van der Waals surface area contributed by atoms with Gasteiger partial charge < -0.3 is 11.1 Å². The van der Waals surface area contributed by atoms with Gasteiger partial charge in [-0.3, -0.25) is 9.78 Å². The van der Waals surface area contributed by atoms with E-state index in [0.717, 1.165) is 17.7 Å². The lowest BCUT2D eigenvalue weighted by Crippen LogP contribution is -2.15. The van der Waals surface area contributed by atoms with Crippen LogP contribution in [0.4, 0.5) is 24.5 Å². The van der Waals surface area contributed by atoms with Crippen LogP contribution in [0.25, 0.3) is 0 Å². The fourth-order valence-corrected chi connectivity index (χ4v) is 1.68. The zero-order valence-electron chi connectivity index (χ0n) is 11.0. The molecule has 3 N–H and O–H groups in total. The molecule has 0 aliphatic heterocycles. The van der Waals surface area contributed by atoms with Gasteiger partial charge in [-0.1, -0.05) is 6.07 Å². The van der Waals surface area contributed by atoms with Gasteiger partial charge in [0.2, 0.25) is 0 Å². The van der Waals surface area contributed by atoms with Crippen LogP contribution in [0.3, 0.4) is 0 Å². The smallest absolute Gasteiger partial charge is 0.397 e. The first-order valence-electron chi connectivity index (χ1n) is 5.98. The van der Waals surface area contributed by atoms with Crippen LogP contribution < -0.4 is 11.1 Å². The summed E-state index contributed by atoms with van der Waals surface area (Å²) >= 11 is 0. The van der Waals surface area contributed by atoms with Gasteiger partial charge in [0.15, 0.2) is 0 Å². The quantitative estimate of drug-likeness (QED) is 0.836. The molecule has 7 heteroatoms. The molecule has 1 heterocycles. The Bertz CT molecular complexity index is 666.